The highest BCUT2D eigenvalue weighted by molar-refractivity contribution is 6.07. The lowest BCUT2D eigenvalue weighted by Gasteiger charge is -2.27. The average Bonchev–Trinajstić information content (AvgIpc) is 3.42. The molecule has 5 rings (SSSR count). The number of carbonyl (C=O) groups excluding carboxylic acids is 2. The molecule has 2 aromatic rings. The van der Waals surface area contributed by atoms with Crippen molar-refractivity contribution in [1.82, 2.24) is 4.98 Å². The van der Waals surface area contributed by atoms with Crippen molar-refractivity contribution in [2.75, 3.05) is 16.8 Å². The fraction of sp³-hybridized carbons (Fsp3) is 0.409. The molecule has 30 heavy (non-hydrogen) atoms. The van der Waals surface area contributed by atoms with E-state index in [4.69, 9.17) is 5.73 Å². The third kappa shape index (κ3) is 3.80. The summed E-state index contributed by atoms with van der Waals surface area (Å²) >= 11 is 0. The zero-order valence-electron chi connectivity index (χ0n) is 16.5. The number of aromatic nitrogens is 1. The van der Waals surface area contributed by atoms with Gasteiger partial charge in [-0.2, -0.15) is 0 Å². The average molecular weight is 449 g/mol. The summed E-state index contributed by atoms with van der Waals surface area (Å²) in [6, 6.07) is 9.32. The Morgan fingerprint density at radius 1 is 1.13 bits per heavy atom. The number of benzene rings is 1. The molecule has 2 amide bonds. The zero-order valence-corrected chi connectivity index (χ0v) is 18.1. The Kier molecular flexibility index (Phi) is 6.70. The highest BCUT2D eigenvalue weighted by Gasteiger charge is 2.49. The number of pyridine rings is 1. The molecule has 3 N–H and O–H groups in total. The molecule has 4 atom stereocenters. The van der Waals surface area contributed by atoms with Crippen LogP contribution in [0.2, 0.25) is 0 Å². The van der Waals surface area contributed by atoms with E-state index in [1.54, 1.807) is 29.4 Å². The highest BCUT2D eigenvalue weighted by atomic mass is 35.5. The summed E-state index contributed by atoms with van der Waals surface area (Å²) in [5.74, 6) is 0.864. The van der Waals surface area contributed by atoms with Crippen LogP contribution in [0.5, 0.6) is 0 Å². The molecule has 0 radical (unpaired) electrons. The van der Waals surface area contributed by atoms with E-state index in [-0.39, 0.29) is 48.6 Å². The van der Waals surface area contributed by atoms with Gasteiger partial charge < -0.3 is 16.0 Å². The van der Waals surface area contributed by atoms with E-state index in [9.17, 15) is 9.59 Å². The minimum Gasteiger partial charge on any atom is -0.327 e. The fourth-order valence-corrected chi connectivity index (χ4v) is 5.29. The molecule has 2 saturated carbocycles. The second-order valence-electron chi connectivity index (χ2n) is 8.22. The molecule has 3 aliphatic rings. The number of hydrogen-bond acceptors (Lipinski definition) is 4. The molecule has 2 heterocycles. The third-order valence-electron chi connectivity index (χ3n) is 6.68. The molecule has 2 aliphatic carbocycles. The lowest BCUT2D eigenvalue weighted by molar-refractivity contribution is -0.121. The van der Waals surface area contributed by atoms with Crippen LogP contribution in [0.4, 0.5) is 11.4 Å². The van der Waals surface area contributed by atoms with Gasteiger partial charge in [0.1, 0.15) is 0 Å². The SMILES string of the molecule is Cl.Cl.NC1C2CCC(C2)C1C(=O)Nc1ccc2c(c1)CCN2C(=O)c1cccnc1. The first-order valence-corrected chi connectivity index (χ1v) is 10.0. The van der Waals surface area contributed by atoms with Gasteiger partial charge in [0.05, 0.1) is 11.5 Å². The minimum atomic E-state index is -0.0735. The van der Waals surface area contributed by atoms with E-state index in [0.717, 1.165) is 42.6 Å². The van der Waals surface area contributed by atoms with Gasteiger partial charge in [-0.3, -0.25) is 14.6 Å². The molecule has 1 aromatic heterocycles. The maximum Gasteiger partial charge on any atom is 0.259 e. The van der Waals surface area contributed by atoms with Crippen LogP contribution in [0.1, 0.15) is 35.2 Å². The minimum absolute atomic E-state index is 0. The Balaban J connectivity index is 0.00000128. The molecular formula is C22H26Cl2N4O2. The summed E-state index contributed by atoms with van der Waals surface area (Å²) < 4.78 is 0. The van der Waals surface area contributed by atoms with Gasteiger partial charge >= 0.3 is 0 Å². The second-order valence-corrected chi connectivity index (χ2v) is 8.22. The van der Waals surface area contributed by atoms with Crippen molar-refractivity contribution in [3.63, 3.8) is 0 Å². The van der Waals surface area contributed by atoms with Crippen molar-refractivity contribution >= 4 is 48.0 Å². The number of amides is 2. The fourth-order valence-electron chi connectivity index (χ4n) is 5.29. The van der Waals surface area contributed by atoms with Gasteiger partial charge in [0, 0.05) is 36.4 Å². The predicted octanol–water partition coefficient (Wildman–Crippen LogP) is 3.44. The monoisotopic (exact) mass is 448 g/mol. The Labute approximate surface area is 188 Å². The zero-order chi connectivity index (χ0) is 19.3. The number of fused-ring (bicyclic) bond motifs is 3. The summed E-state index contributed by atoms with van der Waals surface area (Å²) in [7, 11) is 0. The van der Waals surface area contributed by atoms with E-state index in [1.807, 2.05) is 18.2 Å². The Bertz CT molecular complexity index is 938. The Morgan fingerprint density at radius 3 is 2.63 bits per heavy atom. The Morgan fingerprint density at radius 2 is 1.93 bits per heavy atom. The third-order valence-corrected chi connectivity index (χ3v) is 6.68. The van der Waals surface area contributed by atoms with Crippen LogP contribution in [0.3, 0.4) is 0 Å². The van der Waals surface area contributed by atoms with Gasteiger partial charge in [-0.15, -0.1) is 24.8 Å². The number of nitrogens with one attached hydrogen (secondary N) is 1. The second kappa shape index (κ2) is 8.92. The summed E-state index contributed by atoms with van der Waals surface area (Å²) in [5, 5.41) is 3.07. The standard InChI is InChI=1S/C22H24N4O2.2ClH/c23-20-15-4-3-14(10-15)19(20)21(27)25-17-5-6-18-13(11-17)7-9-26(18)22(28)16-2-1-8-24-12-16;;/h1-2,5-6,8,11-12,14-15,19-20H,3-4,7,9-10,23H2,(H,25,27);2*1H. The maximum absolute atomic E-state index is 12.8. The van der Waals surface area contributed by atoms with Crippen molar-refractivity contribution in [1.29, 1.82) is 0 Å². The van der Waals surface area contributed by atoms with Gasteiger partial charge in [0.25, 0.3) is 5.91 Å². The van der Waals surface area contributed by atoms with Gasteiger partial charge in [-0.05, 0) is 73.4 Å². The number of hydrogen-bond donors (Lipinski definition) is 2. The predicted molar refractivity (Wildman–Crippen MR) is 121 cm³/mol. The van der Waals surface area contributed by atoms with Gasteiger partial charge in [-0.25, -0.2) is 0 Å². The van der Waals surface area contributed by atoms with E-state index < -0.39 is 0 Å². The quantitative estimate of drug-likeness (QED) is 0.752. The molecule has 4 unspecified atom stereocenters. The first-order valence-electron chi connectivity index (χ1n) is 10.0. The van der Waals surface area contributed by atoms with Crippen molar-refractivity contribution in [3.05, 3.63) is 53.9 Å². The van der Waals surface area contributed by atoms with E-state index in [0.29, 0.717) is 23.9 Å². The van der Waals surface area contributed by atoms with E-state index in [2.05, 4.69) is 10.3 Å². The Hall–Kier alpha value is -2.15. The largest absolute Gasteiger partial charge is 0.327 e. The van der Waals surface area contributed by atoms with Crippen LogP contribution in [-0.2, 0) is 11.2 Å². The number of carbonyl (C=O) groups is 2. The molecule has 8 heteroatoms. The first kappa shape index (κ1) is 22.5. The van der Waals surface area contributed by atoms with Crippen LogP contribution in [0.25, 0.3) is 0 Å². The number of nitrogens with two attached hydrogens (primary N) is 1. The summed E-state index contributed by atoms with van der Waals surface area (Å²) in [6.45, 7) is 0.637. The molecule has 2 fully saturated rings. The molecule has 1 aromatic carbocycles. The van der Waals surface area contributed by atoms with Gasteiger partial charge in [0.2, 0.25) is 5.91 Å². The van der Waals surface area contributed by atoms with Crippen LogP contribution >= 0.6 is 24.8 Å². The molecule has 160 valence electrons. The van der Waals surface area contributed by atoms with Gasteiger partial charge in [0.15, 0.2) is 0 Å². The maximum atomic E-state index is 12.8. The normalized spacial score (nSPS) is 25.8. The van der Waals surface area contributed by atoms with E-state index >= 15 is 0 Å². The van der Waals surface area contributed by atoms with Gasteiger partial charge in [-0.1, -0.05) is 0 Å². The number of nitrogens with zero attached hydrogens (tertiary/aromatic N) is 2. The summed E-state index contributed by atoms with van der Waals surface area (Å²) in [4.78, 5) is 31.4. The summed E-state index contributed by atoms with van der Waals surface area (Å²) in [5.41, 5.74) is 9.66. The molecule has 0 saturated heterocycles. The molecular weight excluding hydrogens is 423 g/mol. The van der Waals surface area contributed by atoms with Crippen LogP contribution in [-0.4, -0.2) is 29.4 Å². The van der Waals surface area contributed by atoms with Crippen LogP contribution in [0.15, 0.2) is 42.7 Å². The van der Waals surface area contributed by atoms with Crippen molar-refractivity contribution in [2.24, 2.45) is 23.5 Å². The lowest BCUT2D eigenvalue weighted by atomic mass is 9.84. The molecule has 1 aliphatic heterocycles. The lowest BCUT2D eigenvalue weighted by Crippen LogP contribution is -2.42. The van der Waals surface area contributed by atoms with Crippen molar-refractivity contribution in [2.45, 2.75) is 31.7 Å². The summed E-state index contributed by atoms with van der Waals surface area (Å²) in [6.07, 6.45) is 7.40. The van der Waals surface area contributed by atoms with Crippen molar-refractivity contribution in [3.8, 4) is 0 Å². The van der Waals surface area contributed by atoms with Crippen LogP contribution < -0.4 is 16.0 Å². The van der Waals surface area contributed by atoms with E-state index in [1.165, 1.54) is 0 Å². The van der Waals surface area contributed by atoms with Crippen LogP contribution in [0, 0.1) is 17.8 Å². The molecule has 0 spiro atoms. The highest BCUT2D eigenvalue weighted by Crippen LogP contribution is 2.48. The number of anilines is 2. The van der Waals surface area contributed by atoms with Crippen molar-refractivity contribution < 1.29 is 9.59 Å². The number of halogens is 2. The smallest absolute Gasteiger partial charge is 0.259 e. The molecule has 6 nitrogen and oxygen atoms in total. The first-order chi connectivity index (χ1) is 13.6. The topological polar surface area (TPSA) is 88.3 Å². The molecule has 2 bridgehead atoms. The number of rotatable bonds is 3.